The highest BCUT2D eigenvalue weighted by molar-refractivity contribution is 7.99. The summed E-state index contributed by atoms with van der Waals surface area (Å²) in [5, 5.41) is 3.30. The zero-order chi connectivity index (χ0) is 17.8. The van der Waals surface area contributed by atoms with Gasteiger partial charge in [0.15, 0.2) is 5.13 Å². The molecule has 5 nitrogen and oxygen atoms in total. The number of rotatable bonds is 5. The van der Waals surface area contributed by atoms with Gasteiger partial charge in [-0.05, 0) is 48.2 Å². The van der Waals surface area contributed by atoms with Gasteiger partial charge in [0, 0.05) is 10.5 Å². The van der Waals surface area contributed by atoms with Crippen LogP contribution in [0.1, 0.15) is 27.6 Å². The van der Waals surface area contributed by atoms with Crippen molar-refractivity contribution in [1.29, 1.82) is 0 Å². The monoisotopic (exact) mass is 372 g/mol. The van der Waals surface area contributed by atoms with E-state index in [4.69, 9.17) is 4.74 Å². The Morgan fingerprint density at radius 3 is 2.56 bits per heavy atom. The molecule has 0 unspecified atom stereocenters. The third-order valence-electron chi connectivity index (χ3n) is 3.46. The van der Waals surface area contributed by atoms with Gasteiger partial charge >= 0.3 is 5.97 Å². The van der Waals surface area contributed by atoms with E-state index in [1.54, 1.807) is 42.1 Å². The first-order valence-electron chi connectivity index (χ1n) is 7.64. The fraction of sp³-hybridized carbons (Fsp3) is 0.167. The number of anilines is 1. The number of esters is 1. The predicted octanol–water partition coefficient (Wildman–Crippen LogP) is 4.45. The number of nitrogens with one attached hydrogen (secondary N) is 1. The lowest BCUT2D eigenvalue weighted by atomic mass is 10.2. The summed E-state index contributed by atoms with van der Waals surface area (Å²) < 4.78 is 5.53. The fourth-order valence-corrected chi connectivity index (χ4v) is 3.82. The van der Waals surface area contributed by atoms with E-state index >= 15 is 0 Å². The van der Waals surface area contributed by atoms with Crippen LogP contribution in [0.15, 0.2) is 47.4 Å². The van der Waals surface area contributed by atoms with Crippen LogP contribution in [-0.4, -0.2) is 29.7 Å². The highest BCUT2D eigenvalue weighted by atomic mass is 32.2. The lowest BCUT2D eigenvalue weighted by Crippen LogP contribution is -2.11. The maximum Gasteiger partial charge on any atom is 0.337 e. The molecule has 0 atom stereocenters. The van der Waals surface area contributed by atoms with Gasteiger partial charge < -0.3 is 4.74 Å². The van der Waals surface area contributed by atoms with Crippen molar-refractivity contribution < 1.29 is 14.3 Å². The van der Waals surface area contributed by atoms with Crippen molar-refractivity contribution >= 4 is 50.3 Å². The van der Waals surface area contributed by atoms with Crippen LogP contribution in [0.25, 0.3) is 10.2 Å². The molecule has 0 bridgehead atoms. The van der Waals surface area contributed by atoms with E-state index in [1.807, 2.05) is 12.1 Å². The topological polar surface area (TPSA) is 68.3 Å². The van der Waals surface area contributed by atoms with Gasteiger partial charge in [0.1, 0.15) is 0 Å². The summed E-state index contributed by atoms with van der Waals surface area (Å²) in [4.78, 5) is 29.5. The number of hydrogen-bond donors (Lipinski definition) is 1. The number of ether oxygens (including phenoxy) is 1. The maximum absolute atomic E-state index is 12.4. The van der Waals surface area contributed by atoms with Crippen molar-refractivity contribution in [3.05, 3.63) is 53.6 Å². The minimum atomic E-state index is -0.397. The molecule has 128 valence electrons. The molecule has 3 rings (SSSR count). The second-order valence-corrected chi connectivity index (χ2v) is 7.47. The maximum atomic E-state index is 12.4. The standard InChI is InChI=1S/C18H16N2O3S2/c1-3-24-13-7-4-11(5-8-13)16(21)20-18-19-14-9-6-12(17(22)23-2)10-15(14)25-18/h4-10H,3H2,1-2H3,(H,19,20,21). The molecule has 0 fully saturated rings. The number of thioether (sulfide) groups is 1. The number of amides is 1. The number of nitrogens with zero attached hydrogens (tertiary/aromatic N) is 1. The molecule has 1 heterocycles. The Balaban J connectivity index is 1.77. The molecule has 1 aromatic heterocycles. The summed E-state index contributed by atoms with van der Waals surface area (Å²) >= 11 is 3.05. The van der Waals surface area contributed by atoms with E-state index in [0.29, 0.717) is 16.3 Å². The summed E-state index contributed by atoms with van der Waals surface area (Å²) in [6.07, 6.45) is 0. The van der Waals surface area contributed by atoms with Gasteiger partial charge in [0.2, 0.25) is 0 Å². The molecule has 0 aliphatic rings. The van der Waals surface area contributed by atoms with Crippen LogP contribution in [0.3, 0.4) is 0 Å². The van der Waals surface area contributed by atoms with Crippen LogP contribution in [0, 0.1) is 0 Å². The molecule has 25 heavy (non-hydrogen) atoms. The quantitative estimate of drug-likeness (QED) is 0.529. The highest BCUT2D eigenvalue weighted by Gasteiger charge is 2.12. The predicted molar refractivity (Wildman–Crippen MR) is 102 cm³/mol. The van der Waals surface area contributed by atoms with Gasteiger partial charge in [0.25, 0.3) is 5.91 Å². The Bertz CT molecular complexity index is 920. The van der Waals surface area contributed by atoms with Crippen molar-refractivity contribution in [2.24, 2.45) is 0 Å². The van der Waals surface area contributed by atoms with Crippen LogP contribution in [-0.2, 0) is 4.74 Å². The first-order valence-corrected chi connectivity index (χ1v) is 9.44. The van der Waals surface area contributed by atoms with E-state index in [0.717, 1.165) is 20.9 Å². The van der Waals surface area contributed by atoms with Crippen molar-refractivity contribution in [2.75, 3.05) is 18.2 Å². The second-order valence-electron chi connectivity index (χ2n) is 5.10. The average Bonchev–Trinajstić information content (AvgIpc) is 3.03. The van der Waals surface area contributed by atoms with E-state index in [9.17, 15) is 9.59 Å². The number of fused-ring (bicyclic) bond motifs is 1. The minimum Gasteiger partial charge on any atom is -0.465 e. The highest BCUT2D eigenvalue weighted by Crippen LogP contribution is 2.27. The lowest BCUT2D eigenvalue weighted by Gasteiger charge is -2.03. The van der Waals surface area contributed by atoms with E-state index in [-0.39, 0.29) is 5.91 Å². The first kappa shape index (κ1) is 17.4. The van der Waals surface area contributed by atoms with Gasteiger partial charge in [0.05, 0.1) is 22.9 Å². The number of carbonyl (C=O) groups is 2. The Morgan fingerprint density at radius 1 is 1.16 bits per heavy atom. The largest absolute Gasteiger partial charge is 0.465 e. The zero-order valence-corrected chi connectivity index (χ0v) is 15.4. The summed E-state index contributed by atoms with van der Waals surface area (Å²) in [6.45, 7) is 2.09. The van der Waals surface area contributed by atoms with E-state index in [2.05, 4.69) is 17.2 Å². The van der Waals surface area contributed by atoms with Crippen molar-refractivity contribution in [3.63, 3.8) is 0 Å². The third-order valence-corrected chi connectivity index (χ3v) is 5.29. The Labute approximate surface area is 153 Å². The van der Waals surface area contributed by atoms with Gasteiger partial charge in [-0.15, -0.1) is 11.8 Å². The molecule has 0 saturated heterocycles. The number of hydrogen-bond acceptors (Lipinski definition) is 6. The Kier molecular flexibility index (Phi) is 5.35. The molecule has 2 aromatic carbocycles. The number of methoxy groups -OCH3 is 1. The Morgan fingerprint density at radius 2 is 1.88 bits per heavy atom. The number of carbonyl (C=O) groups excluding carboxylic acids is 2. The molecule has 0 aliphatic carbocycles. The normalized spacial score (nSPS) is 10.6. The van der Waals surface area contributed by atoms with E-state index in [1.165, 1.54) is 18.4 Å². The molecule has 0 radical (unpaired) electrons. The molecule has 0 saturated carbocycles. The smallest absolute Gasteiger partial charge is 0.337 e. The summed E-state index contributed by atoms with van der Waals surface area (Å²) in [6, 6.07) is 12.6. The third kappa shape index (κ3) is 4.00. The fourth-order valence-electron chi connectivity index (χ4n) is 2.26. The minimum absolute atomic E-state index is 0.208. The molecule has 3 aromatic rings. The van der Waals surface area contributed by atoms with Crippen molar-refractivity contribution in [2.45, 2.75) is 11.8 Å². The summed E-state index contributed by atoms with van der Waals surface area (Å²) in [5.41, 5.74) is 1.76. The summed E-state index contributed by atoms with van der Waals surface area (Å²) in [7, 11) is 1.34. The van der Waals surface area contributed by atoms with Crippen molar-refractivity contribution in [3.8, 4) is 0 Å². The first-order chi connectivity index (χ1) is 12.1. The van der Waals surface area contributed by atoms with Crippen molar-refractivity contribution in [1.82, 2.24) is 4.98 Å². The molecule has 1 N–H and O–H groups in total. The van der Waals surface area contributed by atoms with Gasteiger partial charge in [-0.2, -0.15) is 0 Å². The van der Waals surface area contributed by atoms with Crippen LogP contribution in [0.2, 0.25) is 0 Å². The lowest BCUT2D eigenvalue weighted by molar-refractivity contribution is 0.0601. The Hall–Kier alpha value is -2.38. The van der Waals surface area contributed by atoms with Crippen LogP contribution in [0.4, 0.5) is 5.13 Å². The van der Waals surface area contributed by atoms with Crippen LogP contribution in [0.5, 0.6) is 0 Å². The second kappa shape index (κ2) is 7.67. The molecule has 0 spiro atoms. The van der Waals surface area contributed by atoms with E-state index < -0.39 is 5.97 Å². The number of aromatic nitrogens is 1. The number of thiazole rings is 1. The van der Waals surface area contributed by atoms with Crippen LogP contribution >= 0.6 is 23.1 Å². The molecule has 1 amide bonds. The van der Waals surface area contributed by atoms with Crippen LogP contribution < -0.4 is 5.32 Å². The molecule has 7 heteroatoms. The summed E-state index contributed by atoms with van der Waals surface area (Å²) in [5.74, 6) is 0.386. The number of benzene rings is 2. The molecular weight excluding hydrogens is 356 g/mol. The average molecular weight is 372 g/mol. The molecular formula is C18H16N2O3S2. The van der Waals surface area contributed by atoms with Gasteiger partial charge in [-0.1, -0.05) is 18.3 Å². The zero-order valence-electron chi connectivity index (χ0n) is 13.7. The van der Waals surface area contributed by atoms with Gasteiger partial charge in [-0.3, -0.25) is 10.1 Å². The SMILES string of the molecule is CCSc1ccc(C(=O)Nc2nc3ccc(C(=O)OC)cc3s2)cc1. The molecule has 0 aliphatic heterocycles. The van der Waals surface area contributed by atoms with Gasteiger partial charge in [-0.25, -0.2) is 9.78 Å².